The molecular weight excluding hydrogens is 1030 g/mol. The number of thiol groups is 1. The Morgan fingerprint density at radius 2 is 0.587 bits per heavy atom. The molecule has 0 bridgehead atoms. The molecule has 0 N–H and O–H groups in total. The molecule has 4 amide bonds. The Morgan fingerprint density at radius 1 is 0.333 bits per heavy atom. The Balaban J connectivity index is 0.000000165. The van der Waals surface area contributed by atoms with Gasteiger partial charge in [-0.2, -0.15) is 12.6 Å². The van der Waals surface area contributed by atoms with E-state index >= 15 is 0 Å². The zero-order valence-corrected chi connectivity index (χ0v) is 45.5. The maximum Gasteiger partial charge on any atom is 0.261 e. The van der Waals surface area contributed by atoms with Crippen LogP contribution in [0.4, 0.5) is 0 Å². The molecule has 0 saturated carbocycles. The van der Waals surface area contributed by atoms with E-state index in [1.54, 1.807) is 36.4 Å². The second-order valence-corrected chi connectivity index (χ2v) is 21.3. The summed E-state index contributed by atoms with van der Waals surface area (Å²) in [6.45, 7) is 1.02. The van der Waals surface area contributed by atoms with Crippen molar-refractivity contribution in [3.05, 3.63) is 286 Å². The van der Waals surface area contributed by atoms with Crippen LogP contribution in [0.2, 0.25) is 0 Å². The number of alkyl halides is 1. The minimum Gasteiger partial charge on any atom is -0.274 e. The van der Waals surface area contributed by atoms with Crippen molar-refractivity contribution in [3.63, 3.8) is 0 Å². The van der Waals surface area contributed by atoms with E-state index in [0.717, 1.165) is 62.4 Å². The van der Waals surface area contributed by atoms with Crippen LogP contribution in [-0.4, -0.2) is 57.6 Å². The van der Waals surface area contributed by atoms with Gasteiger partial charge in [-0.3, -0.25) is 29.0 Å². The number of unbranched alkanes of at least 4 members (excludes halogenated alkanes) is 6. The monoisotopic (exact) mass is 1090 g/mol. The quantitative estimate of drug-likeness (QED) is 0.0271. The van der Waals surface area contributed by atoms with E-state index in [0.29, 0.717) is 35.3 Å². The summed E-state index contributed by atoms with van der Waals surface area (Å²) in [4.78, 5) is 52.0. The molecule has 380 valence electrons. The van der Waals surface area contributed by atoms with Gasteiger partial charge >= 0.3 is 0 Å². The van der Waals surface area contributed by atoms with Gasteiger partial charge in [-0.1, -0.05) is 248 Å². The van der Waals surface area contributed by atoms with Crippen LogP contribution in [0.25, 0.3) is 0 Å². The third-order valence-electron chi connectivity index (χ3n) is 13.7. The number of hydrogen-bond acceptors (Lipinski definition) is 6. The summed E-state index contributed by atoms with van der Waals surface area (Å²) < 4.78 is -0.715. The van der Waals surface area contributed by atoms with Gasteiger partial charge in [0.25, 0.3) is 23.6 Å². The molecular formula is C66H63BrN2O4S2. The number of hydrogen-bond donors (Lipinski definition) is 1. The molecule has 0 spiro atoms. The van der Waals surface area contributed by atoms with Crippen molar-refractivity contribution in [2.45, 2.75) is 60.9 Å². The molecule has 2 heterocycles. The summed E-state index contributed by atoms with van der Waals surface area (Å²) >= 11 is 10.5. The summed E-state index contributed by atoms with van der Waals surface area (Å²) in [6, 6.07) is 77.7. The molecule has 8 aromatic carbocycles. The summed E-state index contributed by atoms with van der Waals surface area (Å²) in [7, 11) is 0. The first-order chi connectivity index (χ1) is 36.8. The van der Waals surface area contributed by atoms with Crippen LogP contribution in [-0.2, 0) is 9.49 Å². The van der Waals surface area contributed by atoms with Gasteiger partial charge in [-0.05, 0) is 89.1 Å². The summed E-state index contributed by atoms with van der Waals surface area (Å²) in [5, 5.41) is 1.01. The Hall–Kier alpha value is -6.78. The number of imide groups is 2. The number of nitrogens with zero attached hydrogens (tertiary/aromatic N) is 2. The average molecular weight is 1090 g/mol. The molecule has 10 rings (SSSR count). The van der Waals surface area contributed by atoms with Crippen LogP contribution in [0.1, 0.15) is 126 Å². The zero-order valence-electron chi connectivity index (χ0n) is 42.2. The van der Waals surface area contributed by atoms with Gasteiger partial charge in [0, 0.05) is 18.4 Å². The number of halogens is 1. The van der Waals surface area contributed by atoms with Gasteiger partial charge in [0.15, 0.2) is 0 Å². The Bertz CT molecular complexity index is 2830. The smallest absolute Gasteiger partial charge is 0.261 e. The molecule has 2 aliphatic rings. The Labute approximate surface area is 461 Å². The molecule has 0 fully saturated rings. The molecule has 2 aliphatic heterocycles. The third kappa shape index (κ3) is 12.8. The van der Waals surface area contributed by atoms with E-state index < -0.39 is 4.75 Å². The van der Waals surface area contributed by atoms with Gasteiger partial charge in [-0.15, -0.1) is 11.8 Å². The fourth-order valence-corrected chi connectivity index (χ4v) is 12.3. The van der Waals surface area contributed by atoms with Crippen molar-refractivity contribution in [1.29, 1.82) is 0 Å². The molecule has 8 aromatic rings. The fraction of sp³-hybridized carbons (Fsp3) is 0.212. The number of amides is 4. The minimum atomic E-state index is -0.427. The van der Waals surface area contributed by atoms with Crippen molar-refractivity contribution in [2.24, 2.45) is 0 Å². The molecule has 0 radical (unpaired) electrons. The van der Waals surface area contributed by atoms with E-state index in [4.69, 9.17) is 12.6 Å². The highest BCUT2D eigenvalue weighted by Crippen LogP contribution is 2.49. The second-order valence-electron chi connectivity index (χ2n) is 18.6. The number of carbonyl (C=O) groups excluding carboxylic acids is 4. The van der Waals surface area contributed by atoms with Crippen LogP contribution >= 0.6 is 40.3 Å². The fourth-order valence-electron chi connectivity index (χ4n) is 9.86. The largest absolute Gasteiger partial charge is 0.274 e. The lowest BCUT2D eigenvalue weighted by Crippen LogP contribution is -2.30. The van der Waals surface area contributed by atoms with Crippen LogP contribution in [0, 0.1) is 0 Å². The number of carbonyl (C=O) groups is 4. The lowest BCUT2D eigenvalue weighted by atomic mass is 9.84. The summed E-state index contributed by atoms with van der Waals surface area (Å²) in [5.74, 6) is 0.405. The Morgan fingerprint density at radius 3 is 0.880 bits per heavy atom. The topological polar surface area (TPSA) is 74.8 Å². The number of thioether (sulfide) groups is 1. The highest BCUT2D eigenvalue weighted by atomic mass is 79.9. The molecule has 9 heteroatoms. The maximum atomic E-state index is 12.6. The van der Waals surface area contributed by atoms with Crippen LogP contribution in [0.3, 0.4) is 0 Å². The van der Waals surface area contributed by atoms with Gasteiger partial charge < -0.3 is 0 Å². The normalized spacial score (nSPS) is 12.9. The van der Waals surface area contributed by atoms with E-state index in [1.165, 1.54) is 43.2 Å². The Kier molecular flexibility index (Phi) is 19.7. The van der Waals surface area contributed by atoms with Crippen LogP contribution in [0.15, 0.2) is 231 Å². The van der Waals surface area contributed by atoms with Crippen molar-refractivity contribution in [3.8, 4) is 0 Å². The van der Waals surface area contributed by atoms with E-state index in [1.807, 2.05) is 42.1 Å². The van der Waals surface area contributed by atoms with E-state index in [-0.39, 0.29) is 28.4 Å². The highest BCUT2D eigenvalue weighted by molar-refractivity contribution is 9.09. The van der Waals surface area contributed by atoms with Crippen LogP contribution < -0.4 is 0 Å². The molecule has 0 atom stereocenters. The standard InChI is InChI=1S/C33H31NO2S.C19H16S.C14H16BrNO2/c35-31-29-22-12-13-23-30(29)32(36)34(31)24-14-1-2-15-25-37-33(26-16-6-3-7-17-26,27-18-8-4-9-19-27)28-20-10-5-11-21-28;20-19(16-10-4-1-5-11-16,17-12-6-2-7-13-17)18-14-8-3-9-15-18;15-9-5-1-2-6-10-16-13(17)11-7-3-4-8-12(11)14(16)18/h3-13,16-23H,1-2,14-15,24-25H2;1-15,20H;3-4,7-8H,1-2,5-6,9-10H2. The zero-order chi connectivity index (χ0) is 52.3. The van der Waals surface area contributed by atoms with Crippen LogP contribution in [0.5, 0.6) is 0 Å². The molecule has 0 aromatic heterocycles. The minimum absolute atomic E-state index is 0.143. The molecule has 0 saturated heterocycles. The molecule has 75 heavy (non-hydrogen) atoms. The van der Waals surface area contributed by atoms with Gasteiger partial charge in [-0.25, -0.2) is 0 Å². The number of rotatable bonds is 20. The SMILES string of the molecule is O=C1c2ccccc2C(=O)N1CCCCCCBr.O=C1c2ccccc2C(=O)N1CCCCCCSC(c1ccccc1)(c1ccccc1)c1ccccc1.SC(c1ccccc1)(c1ccccc1)c1ccccc1. The first-order valence-electron chi connectivity index (χ1n) is 25.9. The van der Waals surface area contributed by atoms with Crippen molar-refractivity contribution in [2.75, 3.05) is 24.2 Å². The number of fused-ring (bicyclic) bond motifs is 2. The van der Waals surface area contributed by atoms with Gasteiger partial charge in [0.2, 0.25) is 0 Å². The van der Waals surface area contributed by atoms with Gasteiger partial charge in [0.1, 0.15) is 0 Å². The third-order valence-corrected chi connectivity index (χ3v) is 16.7. The first kappa shape index (κ1) is 54.5. The van der Waals surface area contributed by atoms with Crippen molar-refractivity contribution in [1.82, 2.24) is 9.80 Å². The first-order valence-corrected chi connectivity index (χ1v) is 28.5. The highest BCUT2D eigenvalue weighted by Gasteiger charge is 2.38. The molecule has 6 nitrogen and oxygen atoms in total. The van der Waals surface area contributed by atoms with Crippen molar-refractivity contribution >= 4 is 63.9 Å². The van der Waals surface area contributed by atoms with Gasteiger partial charge in [0.05, 0.1) is 31.7 Å². The number of benzene rings is 8. The molecule has 0 unspecified atom stereocenters. The summed E-state index contributed by atoms with van der Waals surface area (Å²) in [5.41, 5.74) is 9.54. The lowest BCUT2D eigenvalue weighted by molar-refractivity contribution is 0.0636. The summed E-state index contributed by atoms with van der Waals surface area (Å²) in [6.07, 6.45) is 8.17. The predicted molar refractivity (Wildman–Crippen MR) is 314 cm³/mol. The van der Waals surface area contributed by atoms with E-state index in [9.17, 15) is 19.2 Å². The molecule has 0 aliphatic carbocycles. The van der Waals surface area contributed by atoms with E-state index in [2.05, 4.69) is 180 Å². The maximum absolute atomic E-state index is 12.6. The second kappa shape index (κ2) is 27.1. The lowest BCUT2D eigenvalue weighted by Gasteiger charge is -2.35. The van der Waals surface area contributed by atoms with Crippen molar-refractivity contribution < 1.29 is 19.2 Å². The predicted octanol–water partition coefficient (Wildman–Crippen LogP) is 15.7. The average Bonchev–Trinajstić information content (AvgIpc) is 3.87.